The van der Waals surface area contributed by atoms with Crippen LogP contribution in [0.15, 0.2) is 18.2 Å². The maximum absolute atomic E-state index is 13.1. The van der Waals surface area contributed by atoms with Gasteiger partial charge in [-0.05, 0) is 6.07 Å². The molecule has 0 aliphatic heterocycles. The molecule has 4 heteroatoms. The Balaban J connectivity index is 3.02. The Hall–Kier alpha value is -1.71. The van der Waals surface area contributed by atoms with Crippen LogP contribution in [0.2, 0.25) is 0 Å². The van der Waals surface area contributed by atoms with Gasteiger partial charge < -0.3 is 10.5 Å². The Kier molecular flexibility index (Phi) is 3.34. The van der Waals surface area contributed by atoms with E-state index in [4.69, 9.17) is 5.73 Å². The second-order valence-corrected chi connectivity index (χ2v) is 2.70. The lowest BCUT2D eigenvalue weighted by atomic mass is 10.1. The first-order chi connectivity index (χ1) is 6.65. The zero-order chi connectivity index (χ0) is 10.6. The zero-order valence-corrected chi connectivity index (χ0v) is 7.34. The van der Waals surface area contributed by atoms with Gasteiger partial charge in [0.05, 0.1) is 0 Å². The van der Waals surface area contributed by atoms with Crippen molar-refractivity contribution in [3.05, 3.63) is 35.4 Å². The molecule has 0 aliphatic carbocycles. The molecule has 0 bridgehead atoms. The number of aldehydes is 1. The number of benzene rings is 1. The van der Waals surface area contributed by atoms with Gasteiger partial charge in [0.25, 0.3) is 0 Å². The molecule has 14 heavy (non-hydrogen) atoms. The quantitative estimate of drug-likeness (QED) is 0.596. The monoisotopic (exact) mass is 197 g/mol. The average Bonchev–Trinajstić information content (AvgIpc) is 2.09. The van der Waals surface area contributed by atoms with Crippen LogP contribution in [0.25, 0.3) is 6.08 Å². The van der Waals surface area contributed by atoms with Gasteiger partial charge in [0.1, 0.15) is 17.9 Å². The predicted octanol–water partition coefficient (Wildman–Crippen LogP) is 2.15. The smallest absolute Gasteiger partial charge is 0.135 e. The summed E-state index contributed by atoms with van der Waals surface area (Å²) in [5, 5.41) is 0. The highest BCUT2D eigenvalue weighted by Gasteiger charge is 2.05. The fraction of sp³-hybridized carbons (Fsp3) is 0.100. The van der Waals surface area contributed by atoms with Crippen molar-refractivity contribution in [2.45, 2.75) is 6.42 Å². The number of carbonyl (C=O) groups is 1. The second-order valence-electron chi connectivity index (χ2n) is 2.70. The van der Waals surface area contributed by atoms with Crippen LogP contribution in [0, 0.1) is 11.6 Å². The normalized spacial score (nSPS) is 10.7. The predicted molar refractivity (Wildman–Crippen MR) is 50.5 cm³/mol. The van der Waals surface area contributed by atoms with Gasteiger partial charge >= 0.3 is 0 Å². The van der Waals surface area contributed by atoms with Crippen molar-refractivity contribution in [3.63, 3.8) is 0 Å². The summed E-state index contributed by atoms with van der Waals surface area (Å²) in [5.74, 6) is -1.45. The number of nitrogen functional groups attached to an aromatic ring is 1. The van der Waals surface area contributed by atoms with Crippen LogP contribution in [0.4, 0.5) is 14.5 Å². The van der Waals surface area contributed by atoms with Crippen molar-refractivity contribution in [1.29, 1.82) is 0 Å². The van der Waals surface area contributed by atoms with E-state index in [1.165, 1.54) is 12.2 Å². The molecule has 0 spiro atoms. The molecule has 2 N–H and O–H groups in total. The fourth-order valence-electron chi connectivity index (χ4n) is 1.02. The van der Waals surface area contributed by atoms with Crippen LogP contribution in [-0.2, 0) is 4.79 Å². The largest absolute Gasteiger partial charge is 0.398 e. The molecule has 0 radical (unpaired) electrons. The summed E-state index contributed by atoms with van der Waals surface area (Å²) in [7, 11) is 0. The van der Waals surface area contributed by atoms with Gasteiger partial charge in [-0.3, -0.25) is 0 Å². The molecule has 2 nitrogen and oxygen atoms in total. The average molecular weight is 197 g/mol. The highest BCUT2D eigenvalue weighted by Crippen LogP contribution is 2.19. The van der Waals surface area contributed by atoms with E-state index in [1.807, 2.05) is 0 Å². The third-order valence-electron chi connectivity index (χ3n) is 1.64. The minimum atomic E-state index is -0.732. The Morgan fingerprint density at radius 1 is 1.36 bits per heavy atom. The lowest BCUT2D eigenvalue weighted by Crippen LogP contribution is -1.94. The third kappa shape index (κ3) is 2.39. The first kappa shape index (κ1) is 10.4. The lowest BCUT2D eigenvalue weighted by molar-refractivity contribution is -0.107. The van der Waals surface area contributed by atoms with E-state index in [-0.39, 0.29) is 17.7 Å². The first-order valence-corrected chi connectivity index (χ1v) is 4.00. The molecule has 1 aromatic rings. The first-order valence-electron chi connectivity index (χ1n) is 4.00. The Bertz CT molecular complexity index is 351. The Morgan fingerprint density at radius 3 is 2.64 bits per heavy atom. The number of allylic oxidation sites excluding steroid dienone is 1. The van der Waals surface area contributed by atoms with Gasteiger partial charge in [-0.2, -0.15) is 0 Å². The van der Waals surface area contributed by atoms with Crippen LogP contribution in [0.1, 0.15) is 12.0 Å². The minimum Gasteiger partial charge on any atom is -0.398 e. The summed E-state index contributed by atoms with van der Waals surface area (Å²) in [6, 6.07) is 1.78. The Morgan fingerprint density at radius 2 is 2.07 bits per heavy atom. The van der Waals surface area contributed by atoms with Gasteiger partial charge in [-0.25, -0.2) is 8.78 Å². The third-order valence-corrected chi connectivity index (χ3v) is 1.64. The van der Waals surface area contributed by atoms with Crippen molar-refractivity contribution in [3.8, 4) is 0 Å². The number of halogens is 2. The lowest BCUT2D eigenvalue weighted by Gasteiger charge is -2.01. The molecule has 0 atom stereocenters. The zero-order valence-electron chi connectivity index (χ0n) is 7.34. The van der Waals surface area contributed by atoms with Crippen LogP contribution >= 0.6 is 0 Å². The van der Waals surface area contributed by atoms with Gasteiger partial charge in [0, 0.05) is 23.7 Å². The van der Waals surface area contributed by atoms with E-state index >= 15 is 0 Å². The number of hydrogen-bond acceptors (Lipinski definition) is 2. The molecule has 0 fully saturated rings. The van der Waals surface area contributed by atoms with Crippen molar-refractivity contribution < 1.29 is 13.6 Å². The van der Waals surface area contributed by atoms with Gasteiger partial charge in [0.15, 0.2) is 0 Å². The van der Waals surface area contributed by atoms with Crippen LogP contribution in [0.3, 0.4) is 0 Å². The molecule has 0 heterocycles. The maximum Gasteiger partial charge on any atom is 0.135 e. The van der Waals surface area contributed by atoms with E-state index < -0.39 is 11.6 Å². The van der Waals surface area contributed by atoms with Crippen LogP contribution in [-0.4, -0.2) is 6.29 Å². The van der Waals surface area contributed by atoms with Crippen molar-refractivity contribution in [2.24, 2.45) is 0 Å². The summed E-state index contributed by atoms with van der Waals surface area (Å²) >= 11 is 0. The van der Waals surface area contributed by atoms with Crippen molar-refractivity contribution in [2.75, 3.05) is 5.73 Å². The van der Waals surface area contributed by atoms with E-state index in [2.05, 4.69) is 0 Å². The molecule has 0 saturated heterocycles. The van der Waals surface area contributed by atoms with E-state index in [0.717, 1.165) is 12.1 Å². The Labute approximate surface area is 80.0 Å². The molecule has 0 aromatic heterocycles. The van der Waals surface area contributed by atoms with E-state index in [0.29, 0.717) is 6.29 Å². The van der Waals surface area contributed by atoms with Gasteiger partial charge in [-0.1, -0.05) is 12.2 Å². The summed E-state index contributed by atoms with van der Waals surface area (Å²) in [5.41, 5.74) is 5.51. The molecule has 1 aromatic carbocycles. The number of rotatable bonds is 3. The molecular formula is C10H9F2NO. The second kappa shape index (κ2) is 4.50. The number of nitrogens with two attached hydrogens (primary N) is 1. The summed E-state index contributed by atoms with van der Waals surface area (Å²) < 4.78 is 25.7. The number of carbonyl (C=O) groups excluding carboxylic acids is 1. The molecule has 0 unspecified atom stereocenters. The molecule has 1 rings (SSSR count). The topological polar surface area (TPSA) is 43.1 Å². The highest BCUT2D eigenvalue weighted by molar-refractivity contribution is 5.66. The van der Waals surface area contributed by atoms with Gasteiger partial charge in [0.2, 0.25) is 0 Å². The molecule has 0 amide bonds. The van der Waals surface area contributed by atoms with Crippen molar-refractivity contribution >= 4 is 18.0 Å². The summed E-state index contributed by atoms with van der Waals surface area (Å²) in [6.07, 6.45) is 3.67. The maximum atomic E-state index is 13.1. The molecular weight excluding hydrogens is 188 g/mol. The molecule has 74 valence electrons. The fourth-order valence-corrected chi connectivity index (χ4v) is 1.02. The van der Waals surface area contributed by atoms with Crippen LogP contribution in [0.5, 0.6) is 0 Å². The van der Waals surface area contributed by atoms with E-state index in [1.54, 1.807) is 0 Å². The summed E-state index contributed by atoms with van der Waals surface area (Å²) in [6.45, 7) is 0. The number of anilines is 1. The standard InChI is InChI=1S/C10H9F2NO/c11-7-5-9(12)8(10(13)6-7)3-1-2-4-14/h1,3-6H,2,13H2. The van der Waals surface area contributed by atoms with E-state index in [9.17, 15) is 13.6 Å². The molecule has 0 saturated carbocycles. The number of hydrogen-bond donors (Lipinski definition) is 1. The minimum absolute atomic E-state index is 0.0182. The van der Waals surface area contributed by atoms with Gasteiger partial charge in [-0.15, -0.1) is 0 Å². The highest BCUT2D eigenvalue weighted by atomic mass is 19.1. The van der Waals surface area contributed by atoms with Crippen molar-refractivity contribution in [1.82, 2.24) is 0 Å². The molecule has 0 aliphatic rings. The summed E-state index contributed by atoms with van der Waals surface area (Å²) in [4.78, 5) is 9.98. The SMILES string of the molecule is Nc1cc(F)cc(F)c1C=CCC=O. The van der Waals surface area contributed by atoms with Crippen LogP contribution < -0.4 is 5.73 Å².